The Balaban J connectivity index is 1.40. The van der Waals surface area contributed by atoms with E-state index in [0.29, 0.717) is 35.2 Å². The number of aryl methyl sites for hydroxylation is 1. The van der Waals surface area contributed by atoms with Crippen LogP contribution in [-0.2, 0) is 11.2 Å². The molecular weight excluding hydrogens is 497 g/mol. The van der Waals surface area contributed by atoms with E-state index in [1.807, 2.05) is 4.90 Å². The molecule has 11 heteroatoms. The standard InChI is InChI=1S/C26H34FN5O4S/c1-15-23(16(2)34)37-26(28-15)31-25(36)30-21-6-4-3-5-18(21)12-32-13-20(29-24(35)22(32)14-33)11-17-7-9-19(27)10-8-17/h7-10,18,20-22,33H,3-6,11-14H2,1-2H3,(H,29,35)(H2,28,30,31,36)/t18-,20-,21+,22-/m0/s1. The number of piperazine rings is 1. The van der Waals surface area contributed by atoms with Crippen LogP contribution < -0.4 is 16.0 Å². The van der Waals surface area contributed by atoms with Crippen molar-refractivity contribution in [2.45, 2.75) is 64.1 Å². The van der Waals surface area contributed by atoms with E-state index in [9.17, 15) is 23.9 Å². The van der Waals surface area contributed by atoms with Gasteiger partial charge < -0.3 is 15.7 Å². The van der Waals surface area contributed by atoms with Crippen molar-refractivity contribution in [3.05, 3.63) is 46.2 Å². The predicted molar refractivity (Wildman–Crippen MR) is 139 cm³/mol. The van der Waals surface area contributed by atoms with Gasteiger partial charge in [-0.1, -0.05) is 36.3 Å². The number of nitrogens with one attached hydrogen (secondary N) is 3. The molecule has 2 heterocycles. The second kappa shape index (κ2) is 12.1. The van der Waals surface area contributed by atoms with E-state index >= 15 is 0 Å². The lowest BCUT2D eigenvalue weighted by molar-refractivity contribution is -0.133. The van der Waals surface area contributed by atoms with Crippen LogP contribution in [0.2, 0.25) is 0 Å². The maximum atomic E-state index is 13.3. The van der Waals surface area contributed by atoms with Crippen molar-refractivity contribution in [1.29, 1.82) is 0 Å². The Morgan fingerprint density at radius 3 is 2.65 bits per heavy atom. The van der Waals surface area contributed by atoms with Crippen molar-refractivity contribution in [1.82, 2.24) is 20.5 Å². The fraction of sp³-hybridized carbons (Fsp3) is 0.538. The predicted octanol–water partition coefficient (Wildman–Crippen LogP) is 2.88. The van der Waals surface area contributed by atoms with Gasteiger partial charge in [0, 0.05) is 32.1 Å². The van der Waals surface area contributed by atoms with Crippen LogP contribution in [0.1, 0.15) is 53.5 Å². The van der Waals surface area contributed by atoms with E-state index < -0.39 is 6.04 Å². The highest BCUT2D eigenvalue weighted by molar-refractivity contribution is 7.17. The molecule has 2 fully saturated rings. The number of carbonyl (C=O) groups is 3. The molecule has 0 spiro atoms. The second-order valence-corrected chi connectivity index (χ2v) is 10.9. The number of aliphatic hydroxyl groups excluding tert-OH is 1. The number of aromatic nitrogens is 1. The Labute approximate surface area is 219 Å². The maximum Gasteiger partial charge on any atom is 0.321 e. The monoisotopic (exact) mass is 531 g/mol. The summed E-state index contributed by atoms with van der Waals surface area (Å²) >= 11 is 1.16. The van der Waals surface area contributed by atoms with Crippen molar-refractivity contribution >= 4 is 34.2 Å². The van der Waals surface area contributed by atoms with Gasteiger partial charge in [-0.3, -0.25) is 19.8 Å². The van der Waals surface area contributed by atoms with Gasteiger partial charge in [0.05, 0.1) is 17.2 Å². The van der Waals surface area contributed by atoms with E-state index in [1.54, 1.807) is 19.1 Å². The van der Waals surface area contributed by atoms with Gasteiger partial charge in [-0.05, 0) is 49.8 Å². The van der Waals surface area contributed by atoms with Crippen molar-refractivity contribution in [3.63, 3.8) is 0 Å². The normalized spacial score (nSPS) is 24.4. The minimum absolute atomic E-state index is 0.0856. The third-order valence-electron chi connectivity index (χ3n) is 7.14. The molecule has 1 aliphatic carbocycles. The number of carbonyl (C=O) groups excluding carboxylic acids is 3. The van der Waals surface area contributed by atoms with Crippen LogP contribution >= 0.6 is 11.3 Å². The van der Waals surface area contributed by atoms with E-state index in [0.717, 1.165) is 42.6 Å². The average molecular weight is 532 g/mol. The minimum Gasteiger partial charge on any atom is -0.394 e. The number of ketones is 1. The molecule has 0 unspecified atom stereocenters. The number of thiazole rings is 1. The molecule has 1 saturated carbocycles. The highest BCUT2D eigenvalue weighted by Gasteiger charge is 2.37. The molecule has 200 valence electrons. The first kappa shape index (κ1) is 27.2. The van der Waals surface area contributed by atoms with Crippen molar-refractivity contribution in [3.8, 4) is 0 Å². The molecule has 3 amide bonds. The molecule has 1 aromatic heterocycles. The lowest BCUT2D eigenvalue weighted by Gasteiger charge is -2.42. The minimum atomic E-state index is -0.649. The molecule has 0 bridgehead atoms. The summed E-state index contributed by atoms with van der Waals surface area (Å²) in [6, 6.07) is 4.97. The smallest absolute Gasteiger partial charge is 0.321 e. The van der Waals surface area contributed by atoms with E-state index in [4.69, 9.17) is 0 Å². The largest absolute Gasteiger partial charge is 0.394 e. The number of rotatable bonds is 8. The third kappa shape index (κ3) is 6.91. The molecule has 1 aliphatic heterocycles. The Kier molecular flexibility index (Phi) is 8.88. The number of benzene rings is 1. The van der Waals surface area contributed by atoms with Gasteiger partial charge in [0.1, 0.15) is 11.9 Å². The van der Waals surface area contributed by atoms with E-state index in [2.05, 4.69) is 20.9 Å². The number of hydrogen-bond donors (Lipinski definition) is 4. The van der Waals surface area contributed by atoms with Crippen LogP contribution in [0.25, 0.3) is 0 Å². The first-order chi connectivity index (χ1) is 17.7. The molecule has 0 radical (unpaired) electrons. The zero-order chi connectivity index (χ0) is 26.5. The number of nitrogens with zero attached hydrogens (tertiary/aromatic N) is 2. The van der Waals surface area contributed by atoms with E-state index in [-0.39, 0.29) is 48.1 Å². The lowest BCUT2D eigenvalue weighted by Crippen LogP contribution is -2.63. The van der Waals surface area contributed by atoms with Gasteiger partial charge in [0.15, 0.2) is 10.9 Å². The number of urea groups is 1. The molecular formula is C26H34FN5O4S. The summed E-state index contributed by atoms with van der Waals surface area (Å²) in [5, 5.41) is 19.1. The molecule has 37 heavy (non-hydrogen) atoms. The number of halogens is 1. The zero-order valence-electron chi connectivity index (χ0n) is 21.1. The van der Waals surface area contributed by atoms with Crippen molar-refractivity contribution in [2.24, 2.45) is 5.92 Å². The fourth-order valence-corrected chi connectivity index (χ4v) is 6.19. The van der Waals surface area contributed by atoms with E-state index in [1.165, 1.54) is 19.1 Å². The molecule has 2 aromatic rings. The molecule has 9 nitrogen and oxygen atoms in total. The Bertz CT molecular complexity index is 1120. The highest BCUT2D eigenvalue weighted by atomic mass is 32.1. The van der Waals surface area contributed by atoms with Crippen LogP contribution in [0.4, 0.5) is 14.3 Å². The molecule has 1 saturated heterocycles. The molecule has 4 N–H and O–H groups in total. The molecule has 1 aromatic carbocycles. The zero-order valence-corrected chi connectivity index (χ0v) is 21.9. The molecule has 4 rings (SSSR count). The van der Waals surface area contributed by atoms with Gasteiger partial charge in [-0.15, -0.1) is 0 Å². The van der Waals surface area contributed by atoms with Crippen LogP contribution in [0.5, 0.6) is 0 Å². The number of Topliss-reactive ketones (excluding diaryl/α,β-unsaturated/α-hetero) is 1. The maximum absolute atomic E-state index is 13.3. The van der Waals surface area contributed by atoms with Gasteiger partial charge in [0.25, 0.3) is 0 Å². The third-order valence-corrected chi connectivity index (χ3v) is 8.32. The van der Waals surface area contributed by atoms with Crippen LogP contribution in [0.15, 0.2) is 24.3 Å². The topological polar surface area (TPSA) is 124 Å². The summed E-state index contributed by atoms with van der Waals surface area (Å²) in [7, 11) is 0. The summed E-state index contributed by atoms with van der Waals surface area (Å²) in [5.41, 5.74) is 1.52. The number of aliphatic hydroxyl groups is 1. The lowest BCUT2D eigenvalue weighted by atomic mass is 9.83. The summed E-state index contributed by atoms with van der Waals surface area (Å²) in [4.78, 5) is 44.1. The Morgan fingerprint density at radius 2 is 1.97 bits per heavy atom. The first-order valence-electron chi connectivity index (χ1n) is 12.7. The van der Waals surface area contributed by atoms with Crippen molar-refractivity contribution in [2.75, 3.05) is 25.0 Å². The van der Waals surface area contributed by atoms with Gasteiger partial charge in [-0.25, -0.2) is 14.2 Å². The first-order valence-corrected chi connectivity index (χ1v) is 13.5. The number of amides is 3. The molecule has 4 atom stereocenters. The van der Waals surface area contributed by atoms with Gasteiger partial charge >= 0.3 is 6.03 Å². The van der Waals surface area contributed by atoms with Crippen LogP contribution in [0, 0.1) is 18.7 Å². The quantitative estimate of drug-likeness (QED) is 0.389. The molecule has 2 aliphatic rings. The highest BCUT2D eigenvalue weighted by Crippen LogP contribution is 2.28. The average Bonchev–Trinajstić information content (AvgIpc) is 3.21. The van der Waals surface area contributed by atoms with Crippen LogP contribution in [-0.4, -0.2) is 70.5 Å². The van der Waals surface area contributed by atoms with Gasteiger partial charge in [0.2, 0.25) is 5.91 Å². The number of hydrogen-bond acceptors (Lipinski definition) is 7. The summed E-state index contributed by atoms with van der Waals surface area (Å²) in [5.74, 6) is -0.504. The van der Waals surface area contributed by atoms with Crippen LogP contribution in [0.3, 0.4) is 0 Å². The Morgan fingerprint density at radius 1 is 1.24 bits per heavy atom. The fourth-order valence-electron chi connectivity index (χ4n) is 5.34. The van der Waals surface area contributed by atoms with Crippen molar-refractivity contribution < 1.29 is 23.9 Å². The number of anilines is 1. The SMILES string of the molecule is CC(=O)c1sc(NC(=O)N[C@@H]2CCCC[C@H]2CN2C[C@H](Cc3ccc(F)cc3)NC(=O)[C@@H]2CO)nc1C. The summed E-state index contributed by atoms with van der Waals surface area (Å²) in [6.07, 6.45) is 4.29. The Hall–Kier alpha value is -2.89. The van der Waals surface area contributed by atoms with Gasteiger partial charge in [-0.2, -0.15) is 0 Å². The second-order valence-electron chi connectivity index (χ2n) is 9.93. The summed E-state index contributed by atoms with van der Waals surface area (Å²) < 4.78 is 13.3. The summed E-state index contributed by atoms with van der Waals surface area (Å²) in [6.45, 7) is 4.04.